The van der Waals surface area contributed by atoms with Crippen molar-refractivity contribution in [3.63, 3.8) is 0 Å². The zero-order valence-corrected chi connectivity index (χ0v) is 21.6. The van der Waals surface area contributed by atoms with Gasteiger partial charge in [0, 0.05) is 30.7 Å². The molecule has 0 radical (unpaired) electrons. The molecule has 0 aromatic heterocycles. The second kappa shape index (κ2) is 10.1. The molecule has 0 heterocycles. The summed E-state index contributed by atoms with van der Waals surface area (Å²) in [5.74, 6) is 2.08. The second-order valence-electron chi connectivity index (χ2n) is 12.3. The molecule has 4 aliphatic carbocycles. The van der Waals surface area contributed by atoms with Gasteiger partial charge in [0.25, 0.3) is 0 Å². The lowest BCUT2D eigenvalue weighted by molar-refractivity contribution is -0.207. The Morgan fingerprint density at radius 1 is 1.03 bits per heavy atom. The van der Waals surface area contributed by atoms with E-state index in [4.69, 9.17) is 15.3 Å². The maximum Gasteiger partial charge on any atom is 0.129 e. The normalized spacial score (nSPS) is 45.1. The van der Waals surface area contributed by atoms with E-state index in [0.717, 1.165) is 57.6 Å². The van der Waals surface area contributed by atoms with Gasteiger partial charge in [0.1, 0.15) is 6.61 Å². The number of ether oxygens (including phenoxy) is 1. The van der Waals surface area contributed by atoms with E-state index in [1.807, 2.05) is 20.3 Å². The van der Waals surface area contributed by atoms with Gasteiger partial charge in [-0.25, -0.2) is 0 Å². The van der Waals surface area contributed by atoms with Gasteiger partial charge in [0.15, 0.2) is 0 Å². The largest absolute Gasteiger partial charge is 0.395 e. The minimum absolute atomic E-state index is 0.0890. The highest BCUT2D eigenvalue weighted by molar-refractivity contribution is 5.63. The van der Waals surface area contributed by atoms with E-state index in [-0.39, 0.29) is 5.41 Å². The summed E-state index contributed by atoms with van der Waals surface area (Å²) in [7, 11) is 4.08. The van der Waals surface area contributed by atoms with Crippen LogP contribution in [0.3, 0.4) is 0 Å². The van der Waals surface area contributed by atoms with Crippen molar-refractivity contribution in [1.29, 1.82) is 0 Å². The van der Waals surface area contributed by atoms with Gasteiger partial charge in [-0.2, -0.15) is 0 Å². The van der Waals surface area contributed by atoms with Crippen LogP contribution in [0.2, 0.25) is 0 Å². The van der Waals surface area contributed by atoms with Gasteiger partial charge in [-0.05, 0) is 108 Å². The molecule has 0 amide bonds. The molecule has 0 aromatic carbocycles. The third kappa shape index (κ3) is 4.62. The van der Waals surface area contributed by atoms with Crippen molar-refractivity contribution in [1.82, 2.24) is 4.90 Å². The predicted octanol–water partition coefficient (Wildman–Crippen LogP) is 4.06. The van der Waals surface area contributed by atoms with Crippen LogP contribution in [-0.4, -0.2) is 68.3 Å². The molecule has 6 nitrogen and oxygen atoms in total. The second-order valence-corrected chi connectivity index (χ2v) is 12.3. The highest BCUT2D eigenvalue weighted by Crippen LogP contribution is 2.68. The van der Waals surface area contributed by atoms with E-state index in [2.05, 4.69) is 23.9 Å². The van der Waals surface area contributed by atoms with Crippen LogP contribution in [0.5, 0.6) is 0 Å². The number of nitrogens with two attached hydrogens (primary N) is 1. The van der Waals surface area contributed by atoms with Gasteiger partial charge in [0.05, 0.1) is 11.7 Å². The highest BCUT2D eigenvalue weighted by Gasteiger charge is 2.67. The number of oxime groups is 1. The Labute approximate surface area is 201 Å². The van der Waals surface area contributed by atoms with Crippen molar-refractivity contribution in [2.45, 2.75) is 89.8 Å². The van der Waals surface area contributed by atoms with Crippen LogP contribution in [-0.2, 0) is 9.57 Å². The van der Waals surface area contributed by atoms with Crippen LogP contribution in [0.4, 0.5) is 0 Å². The van der Waals surface area contributed by atoms with Crippen LogP contribution in [0.25, 0.3) is 0 Å². The van der Waals surface area contributed by atoms with Crippen LogP contribution in [0.15, 0.2) is 5.16 Å². The molecule has 0 aliphatic heterocycles. The van der Waals surface area contributed by atoms with Crippen molar-refractivity contribution in [2.75, 3.05) is 40.4 Å². The fraction of sp³-hybridized carbons (Fsp3) is 0.963. The standard InChI is InChI=1S/C27H49N3O3/c1-25-11-9-22(32-16-5-14-28)18-20(25)6-7-24-23(25)10-12-26(2)21(8-13-27(24,26)31)19-29-33-17-15-30(3)4/h19-24,31H,5-18,28H2,1-4H3/t20-,21-,22+,23+,24-,25+,26-,27+/m1/s1. The van der Waals surface area contributed by atoms with E-state index in [0.29, 0.717) is 42.4 Å². The number of aliphatic hydroxyl groups is 1. The van der Waals surface area contributed by atoms with Crippen LogP contribution < -0.4 is 5.73 Å². The fourth-order valence-corrected chi connectivity index (χ4v) is 8.34. The lowest BCUT2D eigenvalue weighted by Gasteiger charge is -2.63. The molecule has 3 N–H and O–H groups in total. The molecule has 4 aliphatic rings. The SMILES string of the molecule is CN(C)CCON=C[C@H]1CC[C@]2(O)[C@@H]3CC[C@@H]4C[C@@H](OCCCN)CC[C@]4(C)[C@H]3CC[C@]12C. The molecular formula is C27H49N3O3. The Kier molecular flexibility index (Phi) is 7.79. The quantitative estimate of drug-likeness (QED) is 0.306. The summed E-state index contributed by atoms with van der Waals surface area (Å²) in [4.78, 5) is 7.63. The Morgan fingerprint density at radius 3 is 2.61 bits per heavy atom. The molecule has 0 aromatic rings. The Balaban J connectivity index is 1.42. The van der Waals surface area contributed by atoms with E-state index in [1.54, 1.807) is 0 Å². The van der Waals surface area contributed by atoms with Gasteiger partial charge < -0.3 is 25.3 Å². The predicted molar refractivity (Wildman–Crippen MR) is 133 cm³/mol. The highest BCUT2D eigenvalue weighted by atomic mass is 16.6. The van der Waals surface area contributed by atoms with Crippen molar-refractivity contribution >= 4 is 6.21 Å². The van der Waals surface area contributed by atoms with E-state index in [9.17, 15) is 5.11 Å². The third-order valence-corrected chi connectivity index (χ3v) is 10.5. The molecule has 0 saturated heterocycles. The molecule has 190 valence electrons. The molecule has 0 spiro atoms. The molecule has 8 atom stereocenters. The van der Waals surface area contributed by atoms with E-state index in [1.165, 1.54) is 25.7 Å². The Hall–Kier alpha value is -0.690. The van der Waals surface area contributed by atoms with Gasteiger partial charge >= 0.3 is 0 Å². The first-order valence-electron chi connectivity index (χ1n) is 13.6. The molecule has 4 rings (SSSR count). The van der Waals surface area contributed by atoms with Gasteiger partial charge in [-0.3, -0.25) is 0 Å². The summed E-state index contributed by atoms with van der Waals surface area (Å²) < 4.78 is 6.18. The summed E-state index contributed by atoms with van der Waals surface area (Å²) in [6.45, 7) is 7.87. The monoisotopic (exact) mass is 463 g/mol. The first-order valence-corrected chi connectivity index (χ1v) is 13.6. The van der Waals surface area contributed by atoms with Gasteiger partial charge in [-0.15, -0.1) is 0 Å². The maximum absolute atomic E-state index is 12.3. The maximum atomic E-state index is 12.3. The third-order valence-electron chi connectivity index (χ3n) is 10.5. The summed E-state index contributed by atoms with van der Waals surface area (Å²) in [6.07, 6.45) is 13.6. The number of nitrogens with zero attached hydrogens (tertiary/aromatic N) is 2. The first kappa shape index (κ1) is 25.4. The molecule has 4 saturated carbocycles. The molecule has 4 fully saturated rings. The average Bonchev–Trinajstić information content (AvgIpc) is 3.04. The lowest BCUT2D eigenvalue weighted by atomic mass is 9.43. The van der Waals surface area contributed by atoms with Gasteiger partial charge in [0.2, 0.25) is 0 Å². The summed E-state index contributed by atoms with van der Waals surface area (Å²) in [5, 5.41) is 16.6. The minimum atomic E-state index is -0.571. The molecule has 33 heavy (non-hydrogen) atoms. The van der Waals surface area contributed by atoms with Crippen molar-refractivity contribution in [2.24, 2.45) is 45.4 Å². The number of likely N-dealkylation sites (N-methyl/N-ethyl adjacent to an activating group) is 1. The zero-order valence-electron chi connectivity index (χ0n) is 21.6. The minimum Gasteiger partial charge on any atom is -0.395 e. The molecule has 6 heteroatoms. The van der Waals surface area contributed by atoms with Gasteiger partial charge in [-0.1, -0.05) is 19.0 Å². The topological polar surface area (TPSA) is 80.3 Å². The van der Waals surface area contributed by atoms with E-state index >= 15 is 0 Å². The molecule has 0 bridgehead atoms. The molecular weight excluding hydrogens is 414 g/mol. The fourth-order valence-electron chi connectivity index (χ4n) is 8.34. The summed E-state index contributed by atoms with van der Waals surface area (Å²) in [6, 6.07) is 0. The Morgan fingerprint density at radius 2 is 1.85 bits per heavy atom. The van der Waals surface area contributed by atoms with E-state index < -0.39 is 5.60 Å². The zero-order chi connectivity index (χ0) is 23.7. The van der Waals surface area contributed by atoms with Crippen LogP contribution in [0, 0.1) is 34.5 Å². The summed E-state index contributed by atoms with van der Waals surface area (Å²) in [5.41, 5.74) is 5.33. The number of hydrogen-bond acceptors (Lipinski definition) is 6. The van der Waals surface area contributed by atoms with Crippen molar-refractivity contribution in [3.8, 4) is 0 Å². The summed E-state index contributed by atoms with van der Waals surface area (Å²) >= 11 is 0. The smallest absolute Gasteiger partial charge is 0.129 e. The van der Waals surface area contributed by atoms with Crippen molar-refractivity contribution < 1.29 is 14.7 Å². The molecule has 0 unspecified atom stereocenters. The van der Waals surface area contributed by atoms with Crippen LogP contribution >= 0.6 is 0 Å². The number of fused-ring (bicyclic) bond motifs is 5. The Bertz CT molecular complexity index is 688. The average molecular weight is 464 g/mol. The first-order chi connectivity index (χ1) is 15.7. The lowest BCUT2D eigenvalue weighted by Crippen LogP contribution is -2.62. The number of hydrogen-bond donors (Lipinski definition) is 2. The number of rotatable bonds is 9. The van der Waals surface area contributed by atoms with Crippen molar-refractivity contribution in [3.05, 3.63) is 0 Å². The van der Waals surface area contributed by atoms with Crippen LogP contribution in [0.1, 0.15) is 78.1 Å².